The van der Waals surface area contributed by atoms with E-state index in [0.29, 0.717) is 6.04 Å². The Balaban J connectivity index is 3.99. The molecule has 0 aromatic rings. The zero-order chi connectivity index (χ0) is 10.4. The van der Waals surface area contributed by atoms with Gasteiger partial charge in [0.25, 0.3) is 0 Å². The van der Waals surface area contributed by atoms with Gasteiger partial charge < -0.3 is 10.1 Å². The summed E-state index contributed by atoms with van der Waals surface area (Å²) in [6, 6.07) is 0.336. The van der Waals surface area contributed by atoms with Crippen molar-refractivity contribution in [3.63, 3.8) is 0 Å². The summed E-state index contributed by atoms with van der Waals surface area (Å²) in [6.45, 7) is 9.55. The molecule has 0 heterocycles. The van der Waals surface area contributed by atoms with E-state index in [-0.39, 0.29) is 12.1 Å². The van der Waals surface area contributed by atoms with Crippen molar-refractivity contribution in [1.82, 2.24) is 5.32 Å². The first kappa shape index (κ1) is 12.0. The number of carbonyl (C=O) groups excluding carboxylic acids is 1. The lowest BCUT2D eigenvalue weighted by Gasteiger charge is -2.10. The summed E-state index contributed by atoms with van der Waals surface area (Å²) < 4.78 is 4.95. The molecule has 0 radical (unpaired) electrons. The molecule has 0 rings (SSSR count). The summed E-state index contributed by atoms with van der Waals surface area (Å²) in [7, 11) is 0. The number of esters is 1. The third-order valence-electron chi connectivity index (χ3n) is 1.20. The van der Waals surface area contributed by atoms with Crippen molar-refractivity contribution in [3.05, 3.63) is 11.8 Å². The fraction of sp³-hybridized carbons (Fsp3) is 0.700. The summed E-state index contributed by atoms with van der Waals surface area (Å²) in [6.07, 6.45) is 1.41. The van der Waals surface area contributed by atoms with E-state index >= 15 is 0 Å². The third kappa shape index (κ3) is 7.37. The van der Waals surface area contributed by atoms with Crippen LogP contribution in [-0.2, 0) is 9.53 Å². The second-order valence-electron chi connectivity index (χ2n) is 3.61. The second-order valence-corrected chi connectivity index (χ2v) is 3.61. The van der Waals surface area contributed by atoms with Crippen LogP contribution in [0.1, 0.15) is 34.6 Å². The number of nitrogens with one attached hydrogen (secondary N) is 1. The van der Waals surface area contributed by atoms with Gasteiger partial charge in [-0.05, 0) is 34.6 Å². The van der Waals surface area contributed by atoms with Gasteiger partial charge in [-0.3, -0.25) is 0 Å². The molecule has 3 heteroatoms. The minimum Gasteiger partial charge on any atom is -0.460 e. The smallest absolute Gasteiger partial charge is 0.332 e. The third-order valence-corrected chi connectivity index (χ3v) is 1.20. The molecule has 0 aliphatic carbocycles. The average Bonchev–Trinajstić information content (AvgIpc) is 1.80. The first-order chi connectivity index (χ1) is 5.91. The van der Waals surface area contributed by atoms with Crippen LogP contribution in [0.15, 0.2) is 11.8 Å². The molecule has 0 spiro atoms. The van der Waals surface area contributed by atoms with Gasteiger partial charge in [0.2, 0.25) is 0 Å². The number of ether oxygens (including phenoxy) is 1. The van der Waals surface area contributed by atoms with Crippen molar-refractivity contribution in [1.29, 1.82) is 0 Å². The molecule has 0 bridgehead atoms. The summed E-state index contributed by atoms with van der Waals surface area (Å²) in [5.74, 6) is -0.291. The SMILES string of the molecule is C/C(=C\C(=O)OC(C)C)NC(C)C. The van der Waals surface area contributed by atoms with Crippen molar-refractivity contribution >= 4 is 5.97 Å². The van der Waals surface area contributed by atoms with Gasteiger partial charge in [0.15, 0.2) is 0 Å². The average molecular weight is 185 g/mol. The Kier molecular flexibility index (Phi) is 5.19. The Morgan fingerprint density at radius 2 is 1.85 bits per heavy atom. The molecule has 0 aliphatic rings. The molecule has 13 heavy (non-hydrogen) atoms. The fourth-order valence-electron chi connectivity index (χ4n) is 0.940. The summed E-state index contributed by atoms with van der Waals surface area (Å²) in [4.78, 5) is 11.1. The van der Waals surface area contributed by atoms with Gasteiger partial charge in [0, 0.05) is 17.8 Å². The quantitative estimate of drug-likeness (QED) is 0.536. The molecular formula is C10H19NO2. The van der Waals surface area contributed by atoms with Crippen LogP contribution in [0.3, 0.4) is 0 Å². The molecule has 0 aromatic carbocycles. The minimum atomic E-state index is -0.291. The first-order valence-corrected chi connectivity index (χ1v) is 4.57. The van der Waals surface area contributed by atoms with Crippen molar-refractivity contribution in [2.24, 2.45) is 0 Å². The number of hydrogen-bond acceptors (Lipinski definition) is 3. The van der Waals surface area contributed by atoms with E-state index in [2.05, 4.69) is 5.32 Å². The maximum atomic E-state index is 11.1. The predicted octanol–water partition coefficient (Wildman–Crippen LogP) is 1.84. The van der Waals surface area contributed by atoms with Gasteiger partial charge in [0.05, 0.1) is 6.10 Å². The molecule has 0 aromatic heterocycles. The van der Waals surface area contributed by atoms with Gasteiger partial charge in [-0.1, -0.05) is 0 Å². The van der Waals surface area contributed by atoms with Crippen molar-refractivity contribution < 1.29 is 9.53 Å². The van der Waals surface area contributed by atoms with Gasteiger partial charge in [-0.2, -0.15) is 0 Å². The molecule has 0 fully saturated rings. The van der Waals surface area contributed by atoms with Crippen molar-refractivity contribution in [2.75, 3.05) is 0 Å². The number of carbonyl (C=O) groups is 1. The van der Waals surface area contributed by atoms with Crippen LogP contribution in [0.25, 0.3) is 0 Å². The Bertz CT molecular complexity index is 195. The Labute approximate surface area is 80.2 Å². The van der Waals surface area contributed by atoms with Crippen LogP contribution in [0.5, 0.6) is 0 Å². The summed E-state index contributed by atoms with van der Waals surface area (Å²) in [5.41, 5.74) is 0.834. The summed E-state index contributed by atoms with van der Waals surface area (Å²) >= 11 is 0. The Morgan fingerprint density at radius 1 is 1.31 bits per heavy atom. The maximum absolute atomic E-state index is 11.1. The first-order valence-electron chi connectivity index (χ1n) is 4.57. The fourth-order valence-corrected chi connectivity index (χ4v) is 0.940. The maximum Gasteiger partial charge on any atom is 0.332 e. The van der Waals surface area contributed by atoms with Gasteiger partial charge >= 0.3 is 5.97 Å². The highest BCUT2D eigenvalue weighted by Crippen LogP contribution is 1.95. The molecule has 1 N–H and O–H groups in total. The van der Waals surface area contributed by atoms with Gasteiger partial charge in [0.1, 0.15) is 0 Å². The number of allylic oxidation sites excluding steroid dienone is 1. The van der Waals surface area contributed by atoms with E-state index in [1.54, 1.807) is 0 Å². The van der Waals surface area contributed by atoms with Crippen LogP contribution in [0.4, 0.5) is 0 Å². The topological polar surface area (TPSA) is 38.3 Å². The predicted molar refractivity (Wildman–Crippen MR) is 53.3 cm³/mol. The lowest BCUT2D eigenvalue weighted by atomic mass is 10.3. The van der Waals surface area contributed by atoms with Crippen LogP contribution < -0.4 is 5.32 Å². The van der Waals surface area contributed by atoms with Crippen LogP contribution in [0.2, 0.25) is 0 Å². The van der Waals surface area contributed by atoms with Crippen molar-refractivity contribution in [3.8, 4) is 0 Å². The number of rotatable bonds is 4. The van der Waals surface area contributed by atoms with E-state index in [0.717, 1.165) is 5.70 Å². The molecule has 0 saturated carbocycles. The van der Waals surface area contributed by atoms with E-state index in [9.17, 15) is 4.79 Å². The van der Waals surface area contributed by atoms with Crippen LogP contribution >= 0.6 is 0 Å². The molecule has 0 aliphatic heterocycles. The molecule has 0 saturated heterocycles. The minimum absolute atomic E-state index is 0.0596. The number of hydrogen-bond donors (Lipinski definition) is 1. The molecule has 3 nitrogen and oxygen atoms in total. The second kappa shape index (κ2) is 5.62. The van der Waals surface area contributed by atoms with Crippen molar-refractivity contribution in [2.45, 2.75) is 46.8 Å². The molecular weight excluding hydrogens is 166 g/mol. The highest BCUT2D eigenvalue weighted by atomic mass is 16.5. The Morgan fingerprint density at radius 3 is 2.23 bits per heavy atom. The van der Waals surface area contributed by atoms with Gasteiger partial charge in [-0.25, -0.2) is 4.79 Å². The van der Waals surface area contributed by atoms with Crippen LogP contribution in [0, 0.1) is 0 Å². The van der Waals surface area contributed by atoms with E-state index in [1.165, 1.54) is 6.08 Å². The zero-order valence-corrected chi connectivity index (χ0v) is 9.05. The molecule has 76 valence electrons. The standard InChI is InChI=1S/C10H19NO2/c1-7(2)11-9(5)6-10(12)13-8(3)4/h6-8,11H,1-5H3/b9-6+. The lowest BCUT2D eigenvalue weighted by Crippen LogP contribution is -2.21. The van der Waals surface area contributed by atoms with Crippen LogP contribution in [-0.4, -0.2) is 18.1 Å². The Hall–Kier alpha value is -0.990. The molecule has 0 atom stereocenters. The molecule has 0 amide bonds. The monoisotopic (exact) mass is 185 g/mol. The van der Waals surface area contributed by atoms with E-state index < -0.39 is 0 Å². The highest BCUT2D eigenvalue weighted by molar-refractivity contribution is 5.82. The normalized spacial score (nSPS) is 12.1. The zero-order valence-electron chi connectivity index (χ0n) is 9.05. The largest absolute Gasteiger partial charge is 0.460 e. The summed E-state index contributed by atoms with van der Waals surface area (Å²) in [5, 5.41) is 3.11. The van der Waals surface area contributed by atoms with E-state index in [1.807, 2.05) is 34.6 Å². The lowest BCUT2D eigenvalue weighted by molar-refractivity contribution is -0.141. The van der Waals surface area contributed by atoms with Gasteiger partial charge in [-0.15, -0.1) is 0 Å². The van der Waals surface area contributed by atoms with E-state index in [4.69, 9.17) is 4.74 Å². The highest BCUT2D eigenvalue weighted by Gasteiger charge is 2.02. The molecule has 0 unspecified atom stereocenters.